The highest BCUT2D eigenvalue weighted by atomic mass is 16.5. The van der Waals surface area contributed by atoms with E-state index in [1.54, 1.807) is 7.11 Å². The Morgan fingerprint density at radius 1 is 1.50 bits per heavy atom. The number of nitrogen functional groups attached to an aromatic ring is 1. The number of oxazole rings is 1. The number of anilines is 1. The molecule has 0 amide bonds. The number of aromatic nitrogens is 1. The Balaban J connectivity index is 2.12. The smallest absolute Gasteiger partial charge is 0.209 e. The first kappa shape index (κ1) is 12.9. The normalized spacial score (nSPS) is 13.3. The van der Waals surface area contributed by atoms with Gasteiger partial charge in [-0.1, -0.05) is 0 Å². The summed E-state index contributed by atoms with van der Waals surface area (Å²) in [5.41, 5.74) is 7.99. The summed E-state index contributed by atoms with van der Waals surface area (Å²) in [5, 5.41) is 0. The van der Waals surface area contributed by atoms with Gasteiger partial charge in [0.25, 0.3) is 0 Å². The lowest BCUT2D eigenvalue weighted by Gasteiger charge is -2.22. The third kappa shape index (κ3) is 2.80. The molecule has 2 rings (SSSR count). The molecule has 18 heavy (non-hydrogen) atoms. The molecular weight excluding hydrogens is 230 g/mol. The van der Waals surface area contributed by atoms with Crippen LogP contribution in [0.25, 0.3) is 11.1 Å². The summed E-state index contributed by atoms with van der Waals surface area (Å²) in [6.07, 6.45) is 0. The van der Waals surface area contributed by atoms with Crippen LogP contribution in [0.15, 0.2) is 22.6 Å². The molecule has 0 saturated carbocycles. The largest absolute Gasteiger partial charge is 0.439 e. The van der Waals surface area contributed by atoms with Gasteiger partial charge in [0.2, 0.25) is 5.89 Å². The molecule has 2 N–H and O–H groups in total. The van der Waals surface area contributed by atoms with Gasteiger partial charge in [0.05, 0.1) is 13.2 Å². The van der Waals surface area contributed by atoms with Crippen molar-refractivity contribution >= 4 is 16.8 Å². The molecule has 1 atom stereocenters. The van der Waals surface area contributed by atoms with Crippen LogP contribution in [-0.4, -0.2) is 36.7 Å². The fraction of sp³-hybridized carbons (Fsp3) is 0.462. The first-order valence-electron chi connectivity index (χ1n) is 5.94. The maximum atomic E-state index is 5.71. The molecule has 98 valence electrons. The lowest BCUT2D eigenvalue weighted by atomic mass is 10.3. The number of fused-ring (bicyclic) bond motifs is 1. The predicted molar refractivity (Wildman–Crippen MR) is 71.2 cm³/mol. The number of ether oxygens (including phenoxy) is 1. The van der Waals surface area contributed by atoms with E-state index in [4.69, 9.17) is 14.9 Å². The zero-order valence-electron chi connectivity index (χ0n) is 11.0. The monoisotopic (exact) mass is 249 g/mol. The molecule has 1 aromatic heterocycles. The van der Waals surface area contributed by atoms with Crippen molar-refractivity contribution in [3.63, 3.8) is 0 Å². The molecule has 0 fully saturated rings. The molecule has 0 bridgehead atoms. The van der Waals surface area contributed by atoms with Gasteiger partial charge in [0.1, 0.15) is 5.52 Å². The zero-order chi connectivity index (χ0) is 13.1. The minimum atomic E-state index is 0.315. The van der Waals surface area contributed by atoms with Gasteiger partial charge < -0.3 is 14.9 Å². The average Bonchev–Trinajstić information content (AvgIpc) is 2.70. The van der Waals surface area contributed by atoms with E-state index in [9.17, 15) is 0 Å². The summed E-state index contributed by atoms with van der Waals surface area (Å²) in [6.45, 7) is 3.44. The molecule has 1 unspecified atom stereocenters. The molecule has 5 nitrogen and oxygen atoms in total. The second kappa shape index (κ2) is 5.37. The Labute approximate surface area is 107 Å². The molecule has 0 aliphatic carbocycles. The van der Waals surface area contributed by atoms with E-state index in [-0.39, 0.29) is 0 Å². The average molecular weight is 249 g/mol. The Morgan fingerprint density at radius 3 is 3.00 bits per heavy atom. The number of hydrogen-bond acceptors (Lipinski definition) is 5. The minimum Gasteiger partial charge on any atom is -0.439 e. The molecule has 0 saturated heterocycles. The maximum absolute atomic E-state index is 5.71. The quantitative estimate of drug-likeness (QED) is 0.820. The van der Waals surface area contributed by atoms with E-state index >= 15 is 0 Å². The number of benzene rings is 1. The topological polar surface area (TPSA) is 64.5 Å². The molecule has 0 spiro atoms. The number of methoxy groups -OCH3 is 1. The molecule has 1 aromatic carbocycles. The van der Waals surface area contributed by atoms with Crippen LogP contribution in [0.4, 0.5) is 5.69 Å². The van der Waals surface area contributed by atoms with Gasteiger partial charge in [0.15, 0.2) is 5.58 Å². The van der Waals surface area contributed by atoms with Crippen LogP contribution in [0.5, 0.6) is 0 Å². The molecule has 0 aliphatic rings. The molecule has 1 heterocycles. The summed E-state index contributed by atoms with van der Waals surface area (Å²) < 4.78 is 10.8. The van der Waals surface area contributed by atoms with E-state index in [0.29, 0.717) is 30.8 Å². The van der Waals surface area contributed by atoms with Crippen LogP contribution < -0.4 is 5.73 Å². The number of likely N-dealkylation sites (N-methyl/N-ethyl adjacent to an activating group) is 1. The van der Waals surface area contributed by atoms with Gasteiger partial charge in [-0.25, -0.2) is 4.98 Å². The summed E-state index contributed by atoms with van der Waals surface area (Å²) >= 11 is 0. The first-order chi connectivity index (χ1) is 8.60. The number of nitrogens with zero attached hydrogens (tertiary/aromatic N) is 2. The fourth-order valence-electron chi connectivity index (χ4n) is 1.80. The van der Waals surface area contributed by atoms with Crippen molar-refractivity contribution in [2.45, 2.75) is 19.5 Å². The minimum absolute atomic E-state index is 0.315. The molecule has 2 aromatic rings. The Morgan fingerprint density at radius 2 is 2.28 bits per heavy atom. The van der Waals surface area contributed by atoms with E-state index in [0.717, 1.165) is 11.1 Å². The Hall–Kier alpha value is -1.59. The first-order valence-corrected chi connectivity index (χ1v) is 5.94. The number of nitrogens with two attached hydrogens (primary N) is 1. The van der Waals surface area contributed by atoms with Crippen molar-refractivity contribution in [2.75, 3.05) is 26.5 Å². The Kier molecular flexibility index (Phi) is 3.84. The lowest BCUT2D eigenvalue weighted by molar-refractivity contribution is 0.107. The van der Waals surface area contributed by atoms with Gasteiger partial charge in [-0.15, -0.1) is 0 Å². The van der Waals surface area contributed by atoms with Gasteiger partial charge in [-0.05, 0) is 32.2 Å². The molecular formula is C13H19N3O2. The zero-order valence-corrected chi connectivity index (χ0v) is 11.0. The third-order valence-electron chi connectivity index (χ3n) is 3.00. The Bertz CT molecular complexity index is 524. The molecule has 5 heteroatoms. The second-order valence-electron chi connectivity index (χ2n) is 4.55. The van der Waals surface area contributed by atoms with Crippen LogP contribution in [0, 0.1) is 0 Å². The SMILES string of the molecule is COCC(C)N(C)Cc1nc2cc(N)ccc2o1. The second-order valence-corrected chi connectivity index (χ2v) is 4.55. The van der Waals surface area contributed by atoms with Gasteiger partial charge in [-0.2, -0.15) is 0 Å². The van der Waals surface area contributed by atoms with Gasteiger partial charge >= 0.3 is 0 Å². The van der Waals surface area contributed by atoms with Crippen LogP contribution in [-0.2, 0) is 11.3 Å². The molecule has 0 aliphatic heterocycles. The van der Waals surface area contributed by atoms with Crippen LogP contribution in [0.1, 0.15) is 12.8 Å². The lowest BCUT2D eigenvalue weighted by Crippen LogP contribution is -2.32. The van der Waals surface area contributed by atoms with Crippen molar-refractivity contribution in [3.8, 4) is 0 Å². The highest BCUT2D eigenvalue weighted by molar-refractivity contribution is 5.76. The highest BCUT2D eigenvalue weighted by Crippen LogP contribution is 2.19. The van der Waals surface area contributed by atoms with Crippen LogP contribution in [0.3, 0.4) is 0 Å². The fourth-order valence-corrected chi connectivity index (χ4v) is 1.80. The summed E-state index contributed by atoms with van der Waals surface area (Å²) in [5.74, 6) is 0.695. The number of hydrogen-bond donors (Lipinski definition) is 1. The standard InChI is InChI=1S/C13H19N3O2/c1-9(8-17-3)16(2)7-13-15-11-6-10(14)4-5-12(11)18-13/h4-6,9H,7-8,14H2,1-3H3. The summed E-state index contributed by atoms with van der Waals surface area (Å²) in [4.78, 5) is 6.56. The summed E-state index contributed by atoms with van der Waals surface area (Å²) in [6, 6.07) is 5.80. The van der Waals surface area contributed by atoms with E-state index in [2.05, 4.69) is 16.8 Å². The van der Waals surface area contributed by atoms with E-state index < -0.39 is 0 Å². The molecule has 0 radical (unpaired) electrons. The van der Waals surface area contributed by atoms with Crippen LogP contribution >= 0.6 is 0 Å². The van der Waals surface area contributed by atoms with Crippen molar-refractivity contribution in [3.05, 3.63) is 24.1 Å². The van der Waals surface area contributed by atoms with Gasteiger partial charge in [0, 0.05) is 18.8 Å². The van der Waals surface area contributed by atoms with Crippen molar-refractivity contribution in [1.82, 2.24) is 9.88 Å². The van der Waals surface area contributed by atoms with E-state index in [1.165, 1.54) is 0 Å². The highest BCUT2D eigenvalue weighted by Gasteiger charge is 2.13. The van der Waals surface area contributed by atoms with Crippen molar-refractivity contribution in [1.29, 1.82) is 0 Å². The van der Waals surface area contributed by atoms with Crippen molar-refractivity contribution < 1.29 is 9.15 Å². The summed E-state index contributed by atoms with van der Waals surface area (Å²) in [7, 11) is 3.72. The number of rotatable bonds is 5. The van der Waals surface area contributed by atoms with Crippen LogP contribution in [0.2, 0.25) is 0 Å². The van der Waals surface area contributed by atoms with E-state index in [1.807, 2.05) is 25.2 Å². The van der Waals surface area contributed by atoms with Crippen molar-refractivity contribution in [2.24, 2.45) is 0 Å². The predicted octanol–water partition coefficient (Wildman–Crippen LogP) is 1.88. The van der Waals surface area contributed by atoms with Gasteiger partial charge in [-0.3, -0.25) is 4.90 Å². The third-order valence-corrected chi connectivity index (χ3v) is 3.00. The maximum Gasteiger partial charge on any atom is 0.209 e.